The van der Waals surface area contributed by atoms with E-state index in [1.165, 1.54) is 20.3 Å². The Morgan fingerprint density at radius 2 is 1.46 bits per heavy atom. The molecule has 0 aliphatic rings. The number of esters is 2. The molecule has 0 bridgehead atoms. The van der Waals surface area contributed by atoms with Gasteiger partial charge in [-0.1, -0.05) is 17.7 Å². The van der Waals surface area contributed by atoms with Crippen molar-refractivity contribution in [3.8, 4) is 0 Å². The van der Waals surface area contributed by atoms with Gasteiger partial charge in [-0.25, -0.2) is 9.59 Å². The molecule has 0 saturated carbocycles. The molecular weight excluding hydrogens is 352 g/mol. The van der Waals surface area contributed by atoms with Crippen molar-refractivity contribution in [2.24, 2.45) is 0 Å². The molecule has 7 heteroatoms. The molecular formula is C19H20N2O4S. The Kier molecular flexibility index (Phi) is 6.30. The average Bonchev–Trinajstić information content (AvgIpc) is 2.62. The van der Waals surface area contributed by atoms with Crippen molar-refractivity contribution in [1.82, 2.24) is 0 Å². The van der Waals surface area contributed by atoms with Crippen molar-refractivity contribution in [3.63, 3.8) is 0 Å². The number of anilines is 2. The number of methoxy groups -OCH3 is 2. The molecule has 0 spiro atoms. The molecule has 0 aliphatic heterocycles. The van der Waals surface area contributed by atoms with Crippen LogP contribution >= 0.6 is 12.2 Å². The first-order chi connectivity index (χ1) is 12.3. The predicted molar refractivity (Wildman–Crippen MR) is 105 cm³/mol. The quantitative estimate of drug-likeness (QED) is 0.626. The molecule has 0 amide bonds. The van der Waals surface area contributed by atoms with Gasteiger partial charge in [0.2, 0.25) is 0 Å². The molecule has 0 aromatic heterocycles. The van der Waals surface area contributed by atoms with Crippen molar-refractivity contribution in [2.45, 2.75) is 13.8 Å². The van der Waals surface area contributed by atoms with Crippen LogP contribution in [0.15, 0.2) is 36.4 Å². The fraction of sp³-hybridized carbons (Fsp3) is 0.211. The van der Waals surface area contributed by atoms with Crippen LogP contribution in [-0.4, -0.2) is 31.3 Å². The third-order valence-corrected chi connectivity index (χ3v) is 3.87. The smallest absolute Gasteiger partial charge is 0.337 e. The van der Waals surface area contributed by atoms with Crippen LogP contribution in [-0.2, 0) is 9.47 Å². The minimum atomic E-state index is -0.563. The van der Waals surface area contributed by atoms with E-state index in [1.54, 1.807) is 12.1 Å². The second-order valence-corrected chi connectivity index (χ2v) is 6.09. The van der Waals surface area contributed by atoms with E-state index in [0.29, 0.717) is 10.8 Å². The number of ether oxygens (including phenoxy) is 2. The van der Waals surface area contributed by atoms with Crippen LogP contribution in [0, 0.1) is 13.8 Å². The van der Waals surface area contributed by atoms with E-state index in [9.17, 15) is 9.59 Å². The minimum absolute atomic E-state index is 0.215. The predicted octanol–water partition coefficient (Wildman–Crippen LogP) is 3.69. The van der Waals surface area contributed by atoms with Gasteiger partial charge in [0, 0.05) is 11.4 Å². The van der Waals surface area contributed by atoms with Crippen molar-refractivity contribution in [2.75, 3.05) is 24.9 Å². The third kappa shape index (κ3) is 4.80. The zero-order valence-corrected chi connectivity index (χ0v) is 15.8. The number of rotatable bonds is 4. The fourth-order valence-electron chi connectivity index (χ4n) is 2.41. The Balaban J connectivity index is 2.25. The molecule has 2 aromatic carbocycles. The van der Waals surface area contributed by atoms with Crippen LogP contribution in [0.25, 0.3) is 0 Å². The maximum Gasteiger partial charge on any atom is 0.337 e. The van der Waals surface area contributed by atoms with Crippen LogP contribution in [0.1, 0.15) is 31.8 Å². The van der Waals surface area contributed by atoms with E-state index in [0.717, 1.165) is 16.8 Å². The SMILES string of the molecule is COC(=O)c1cc(NC(=S)Nc2ccc(C)cc2C)cc(C(=O)OC)c1. The normalized spacial score (nSPS) is 10.0. The lowest BCUT2D eigenvalue weighted by atomic mass is 10.1. The summed E-state index contributed by atoms with van der Waals surface area (Å²) in [7, 11) is 2.54. The van der Waals surface area contributed by atoms with Gasteiger partial charge in [-0.2, -0.15) is 0 Å². The highest BCUT2D eigenvalue weighted by Crippen LogP contribution is 2.19. The molecule has 0 aliphatic carbocycles. The molecule has 0 radical (unpaired) electrons. The first-order valence-corrected chi connectivity index (χ1v) is 8.22. The Morgan fingerprint density at radius 3 is 1.96 bits per heavy atom. The second-order valence-electron chi connectivity index (χ2n) is 5.68. The molecule has 0 unspecified atom stereocenters. The van der Waals surface area contributed by atoms with Gasteiger partial charge >= 0.3 is 11.9 Å². The van der Waals surface area contributed by atoms with Gasteiger partial charge in [-0.3, -0.25) is 0 Å². The van der Waals surface area contributed by atoms with Crippen LogP contribution < -0.4 is 10.6 Å². The number of nitrogens with one attached hydrogen (secondary N) is 2. The zero-order chi connectivity index (χ0) is 19.3. The molecule has 2 N–H and O–H groups in total. The Hall–Kier alpha value is -2.93. The molecule has 2 aromatic rings. The lowest BCUT2D eigenvalue weighted by Gasteiger charge is -2.14. The third-order valence-electron chi connectivity index (χ3n) is 3.66. The van der Waals surface area contributed by atoms with E-state index in [2.05, 4.69) is 10.6 Å². The molecule has 0 heterocycles. The topological polar surface area (TPSA) is 76.7 Å². The van der Waals surface area contributed by atoms with E-state index in [-0.39, 0.29) is 11.1 Å². The van der Waals surface area contributed by atoms with Crippen LogP contribution in [0.4, 0.5) is 11.4 Å². The highest BCUT2D eigenvalue weighted by Gasteiger charge is 2.14. The Labute approximate surface area is 157 Å². The summed E-state index contributed by atoms with van der Waals surface area (Å²) in [6.45, 7) is 3.99. The summed E-state index contributed by atoms with van der Waals surface area (Å²) in [6.07, 6.45) is 0. The number of carbonyl (C=O) groups is 2. The molecule has 0 saturated heterocycles. The zero-order valence-electron chi connectivity index (χ0n) is 15.0. The molecule has 2 rings (SSSR count). The number of hydrogen-bond acceptors (Lipinski definition) is 5. The van der Waals surface area contributed by atoms with Gasteiger partial charge in [0.15, 0.2) is 5.11 Å². The van der Waals surface area contributed by atoms with Gasteiger partial charge in [-0.15, -0.1) is 0 Å². The molecule has 6 nitrogen and oxygen atoms in total. The van der Waals surface area contributed by atoms with Crippen LogP contribution in [0.2, 0.25) is 0 Å². The standard InChI is InChI=1S/C19H20N2O4S/c1-11-5-6-16(12(2)7-11)21-19(26)20-15-9-13(17(22)24-3)8-14(10-15)18(23)25-4/h5-10H,1-4H3,(H2,20,21,26). The van der Waals surface area contributed by atoms with Crippen LogP contribution in [0.5, 0.6) is 0 Å². The highest BCUT2D eigenvalue weighted by molar-refractivity contribution is 7.80. The van der Waals surface area contributed by atoms with Gasteiger partial charge in [0.25, 0.3) is 0 Å². The van der Waals surface area contributed by atoms with E-state index in [1.807, 2.05) is 32.0 Å². The van der Waals surface area contributed by atoms with E-state index >= 15 is 0 Å². The maximum absolute atomic E-state index is 11.8. The Bertz CT molecular complexity index is 830. The van der Waals surface area contributed by atoms with Crippen molar-refractivity contribution < 1.29 is 19.1 Å². The van der Waals surface area contributed by atoms with Gasteiger partial charge in [-0.05, 0) is 55.9 Å². The average molecular weight is 372 g/mol. The lowest BCUT2D eigenvalue weighted by Crippen LogP contribution is -2.20. The van der Waals surface area contributed by atoms with Crippen molar-refractivity contribution in [3.05, 3.63) is 58.7 Å². The van der Waals surface area contributed by atoms with E-state index in [4.69, 9.17) is 21.7 Å². The van der Waals surface area contributed by atoms with Crippen LogP contribution in [0.3, 0.4) is 0 Å². The highest BCUT2D eigenvalue weighted by atomic mass is 32.1. The largest absolute Gasteiger partial charge is 0.465 e. The molecule has 26 heavy (non-hydrogen) atoms. The molecule has 0 fully saturated rings. The van der Waals surface area contributed by atoms with Crippen molar-refractivity contribution >= 4 is 40.6 Å². The number of thiocarbonyl (C=S) groups is 1. The van der Waals surface area contributed by atoms with Gasteiger partial charge in [0.1, 0.15) is 0 Å². The summed E-state index contributed by atoms with van der Waals surface area (Å²) in [5.41, 5.74) is 3.97. The summed E-state index contributed by atoms with van der Waals surface area (Å²) >= 11 is 5.33. The number of benzene rings is 2. The first kappa shape index (κ1) is 19.4. The number of carbonyl (C=O) groups excluding carboxylic acids is 2. The summed E-state index contributed by atoms with van der Waals surface area (Å²) in [6, 6.07) is 10.5. The molecule has 136 valence electrons. The summed E-state index contributed by atoms with van der Waals surface area (Å²) in [5.74, 6) is -1.13. The monoisotopic (exact) mass is 372 g/mol. The first-order valence-electron chi connectivity index (χ1n) is 7.81. The van der Waals surface area contributed by atoms with Gasteiger partial charge < -0.3 is 20.1 Å². The number of aryl methyl sites for hydroxylation is 2. The summed E-state index contributed by atoms with van der Waals surface area (Å²) in [5, 5.41) is 6.40. The summed E-state index contributed by atoms with van der Waals surface area (Å²) < 4.78 is 9.44. The Morgan fingerprint density at radius 1 is 0.885 bits per heavy atom. The maximum atomic E-state index is 11.8. The second kappa shape index (κ2) is 8.44. The fourth-order valence-corrected chi connectivity index (χ4v) is 2.64. The van der Waals surface area contributed by atoms with E-state index < -0.39 is 11.9 Å². The van der Waals surface area contributed by atoms with Gasteiger partial charge in [0.05, 0.1) is 25.3 Å². The van der Waals surface area contributed by atoms with Crippen molar-refractivity contribution in [1.29, 1.82) is 0 Å². The minimum Gasteiger partial charge on any atom is -0.465 e. The molecule has 0 atom stereocenters. The lowest BCUT2D eigenvalue weighted by molar-refractivity contribution is 0.0599. The number of hydrogen-bond donors (Lipinski definition) is 2. The summed E-state index contributed by atoms with van der Waals surface area (Å²) in [4.78, 5) is 23.7.